The highest BCUT2D eigenvalue weighted by Gasteiger charge is 2.31. The average molecular weight is 562 g/mol. The highest BCUT2D eigenvalue weighted by Crippen LogP contribution is 2.30. The molecule has 0 spiro atoms. The zero-order valence-corrected chi connectivity index (χ0v) is 21.9. The maximum Gasteiger partial charge on any atom is 0.573 e. The van der Waals surface area contributed by atoms with Gasteiger partial charge in [-0.25, -0.2) is 0 Å². The Balaban J connectivity index is 1.10. The van der Waals surface area contributed by atoms with Crippen LogP contribution in [0.3, 0.4) is 0 Å². The van der Waals surface area contributed by atoms with Gasteiger partial charge in [0.05, 0.1) is 0 Å². The number of ether oxygens (including phenoxy) is 3. The predicted octanol–water partition coefficient (Wildman–Crippen LogP) is 5.42. The molecule has 2 aliphatic rings. The van der Waals surface area contributed by atoms with Gasteiger partial charge in [0.1, 0.15) is 30.4 Å². The van der Waals surface area contributed by atoms with Crippen LogP contribution in [0.2, 0.25) is 0 Å². The van der Waals surface area contributed by atoms with Crippen LogP contribution in [0.25, 0.3) is 0 Å². The van der Waals surface area contributed by atoms with Gasteiger partial charge in [0.15, 0.2) is 0 Å². The van der Waals surface area contributed by atoms with Gasteiger partial charge in [-0.15, -0.1) is 13.2 Å². The lowest BCUT2D eigenvalue weighted by Crippen LogP contribution is -2.45. The largest absolute Gasteiger partial charge is 0.573 e. The average Bonchev–Trinajstić information content (AvgIpc) is 3.37. The van der Waals surface area contributed by atoms with Crippen molar-refractivity contribution in [2.45, 2.75) is 51.2 Å². The zero-order valence-electron chi connectivity index (χ0n) is 21.9. The van der Waals surface area contributed by atoms with E-state index in [1.165, 1.54) is 18.3 Å². The number of imidazole rings is 1. The molecule has 0 bridgehead atoms. The fourth-order valence-electron chi connectivity index (χ4n) is 5.21. The molecule has 0 unspecified atom stereocenters. The molecule has 5 rings (SSSR count). The van der Waals surface area contributed by atoms with Crippen LogP contribution in [-0.2, 0) is 6.54 Å². The lowest BCUT2D eigenvalue weighted by atomic mass is 10.0. The molecule has 0 radical (unpaired) electrons. The second-order valence-electron chi connectivity index (χ2n) is 9.71. The minimum absolute atomic E-state index is 0.223. The van der Waals surface area contributed by atoms with Gasteiger partial charge >= 0.3 is 18.2 Å². The molecule has 1 aromatic heterocycles. The number of nitrogens with zero attached hydrogens (tertiary/aromatic N) is 5. The third-order valence-electron chi connectivity index (χ3n) is 7.16. The van der Waals surface area contributed by atoms with Crippen molar-refractivity contribution in [2.75, 3.05) is 36.0 Å². The normalized spacial score (nSPS) is 17.6. The van der Waals surface area contributed by atoms with Crippen molar-refractivity contribution in [1.29, 1.82) is 0 Å². The third-order valence-corrected chi connectivity index (χ3v) is 7.16. The molecule has 2 aliphatic heterocycles. The number of halogens is 3. The fraction of sp³-hybridized carbons (Fsp3) is 0.444. The second kappa shape index (κ2) is 11.5. The van der Waals surface area contributed by atoms with Crippen LogP contribution in [0, 0.1) is 10.1 Å². The Morgan fingerprint density at radius 3 is 2.35 bits per heavy atom. The number of aromatic nitrogens is 2. The number of benzene rings is 2. The van der Waals surface area contributed by atoms with E-state index in [-0.39, 0.29) is 29.7 Å². The molecule has 1 saturated heterocycles. The molecule has 3 aromatic rings. The first kappa shape index (κ1) is 27.4. The topological polar surface area (TPSA) is 95.1 Å². The minimum atomic E-state index is -4.70. The van der Waals surface area contributed by atoms with Crippen molar-refractivity contribution in [1.82, 2.24) is 9.55 Å². The number of alkyl halides is 3. The van der Waals surface area contributed by atoms with Crippen molar-refractivity contribution in [3.63, 3.8) is 0 Å². The SMILES string of the molecule is CCN(c1ccc(OC(F)(F)F)cc1)C1CCN(c2ccc(OC[C@H]3CCn4cc([N+](=O)[O-])nc4O3)cc2)CC1. The van der Waals surface area contributed by atoms with E-state index < -0.39 is 11.3 Å². The molecule has 13 heteroatoms. The summed E-state index contributed by atoms with van der Waals surface area (Å²) < 4.78 is 54.7. The molecule has 0 amide bonds. The van der Waals surface area contributed by atoms with Crippen LogP contribution < -0.4 is 24.0 Å². The monoisotopic (exact) mass is 561 g/mol. The Bertz CT molecular complexity index is 1290. The van der Waals surface area contributed by atoms with Gasteiger partial charge in [0.2, 0.25) is 0 Å². The molecule has 214 valence electrons. The maximum atomic E-state index is 12.5. The Kier molecular flexibility index (Phi) is 7.90. The summed E-state index contributed by atoms with van der Waals surface area (Å²) in [6, 6.07) is 14.4. The van der Waals surface area contributed by atoms with E-state index in [1.807, 2.05) is 31.2 Å². The molecule has 3 heterocycles. The smallest absolute Gasteiger partial charge is 0.490 e. The summed E-state index contributed by atoms with van der Waals surface area (Å²) in [5.41, 5.74) is 1.96. The van der Waals surface area contributed by atoms with E-state index >= 15 is 0 Å². The zero-order chi connectivity index (χ0) is 28.3. The summed E-state index contributed by atoms with van der Waals surface area (Å²) in [5, 5.41) is 10.9. The number of aryl methyl sites for hydroxylation is 1. The van der Waals surface area contributed by atoms with Gasteiger partial charge in [-0.3, -0.25) is 4.57 Å². The molecule has 1 atom stereocenters. The molecule has 0 aliphatic carbocycles. The number of hydrogen-bond acceptors (Lipinski definition) is 8. The molecular formula is C27H30F3N5O5. The summed E-state index contributed by atoms with van der Waals surface area (Å²) in [6.07, 6.45) is -1.08. The van der Waals surface area contributed by atoms with Gasteiger partial charge in [-0.05, 0) is 73.2 Å². The first-order valence-electron chi connectivity index (χ1n) is 13.2. The quantitative estimate of drug-likeness (QED) is 0.253. The fourth-order valence-corrected chi connectivity index (χ4v) is 5.21. The Labute approximate surface area is 229 Å². The van der Waals surface area contributed by atoms with Gasteiger partial charge in [-0.1, -0.05) is 0 Å². The van der Waals surface area contributed by atoms with Crippen LogP contribution in [0.1, 0.15) is 26.2 Å². The van der Waals surface area contributed by atoms with Gasteiger partial charge in [0.25, 0.3) is 0 Å². The third kappa shape index (κ3) is 6.52. The molecule has 0 N–H and O–H groups in total. The van der Waals surface area contributed by atoms with Crippen LogP contribution in [0.5, 0.6) is 17.5 Å². The second-order valence-corrected chi connectivity index (χ2v) is 9.71. The lowest BCUT2D eigenvalue weighted by molar-refractivity contribution is -0.389. The molecular weight excluding hydrogens is 531 g/mol. The molecule has 40 heavy (non-hydrogen) atoms. The van der Waals surface area contributed by atoms with Crippen molar-refractivity contribution in [3.05, 3.63) is 64.8 Å². The summed E-state index contributed by atoms with van der Waals surface area (Å²) in [6.45, 7) is 5.38. The van der Waals surface area contributed by atoms with Crippen molar-refractivity contribution < 1.29 is 32.3 Å². The first-order valence-corrected chi connectivity index (χ1v) is 13.2. The van der Waals surface area contributed by atoms with Crippen LogP contribution in [-0.4, -0.2) is 59.2 Å². The standard InChI is InChI=1S/C27H30F3N5O5/c1-2-34(20-5-9-23(10-6-20)40-27(28,29)30)21-11-14-32(15-12-21)19-3-7-22(8-4-19)38-18-24-13-16-33-17-25(35(36)37)31-26(33)39-24/h3-10,17,21,24H,2,11-16,18H2,1H3/t24-/m1/s1. The van der Waals surface area contributed by atoms with Crippen LogP contribution in [0.15, 0.2) is 54.7 Å². The molecule has 1 fully saturated rings. The summed E-state index contributed by atoms with van der Waals surface area (Å²) in [7, 11) is 0. The van der Waals surface area contributed by atoms with E-state index in [4.69, 9.17) is 9.47 Å². The molecule has 0 saturated carbocycles. The maximum absolute atomic E-state index is 12.5. The van der Waals surface area contributed by atoms with E-state index in [0.717, 1.165) is 43.9 Å². The van der Waals surface area contributed by atoms with E-state index in [1.54, 1.807) is 16.7 Å². The van der Waals surface area contributed by atoms with Gasteiger partial charge in [0, 0.05) is 55.0 Å². The van der Waals surface area contributed by atoms with E-state index in [0.29, 0.717) is 25.3 Å². The Morgan fingerprint density at radius 1 is 1.05 bits per heavy atom. The number of fused-ring (bicyclic) bond motifs is 1. The number of piperidine rings is 1. The molecule has 2 aromatic carbocycles. The van der Waals surface area contributed by atoms with Gasteiger partial charge < -0.3 is 34.1 Å². The lowest BCUT2D eigenvalue weighted by Gasteiger charge is -2.40. The Morgan fingerprint density at radius 2 is 1.73 bits per heavy atom. The molecule has 10 nitrogen and oxygen atoms in total. The summed E-state index contributed by atoms with van der Waals surface area (Å²) in [4.78, 5) is 18.8. The highest BCUT2D eigenvalue weighted by molar-refractivity contribution is 5.52. The van der Waals surface area contributed by atoms with Crippen molar-refractivity contribution in [2.24, 2.45) is 0 Å². The predicted molar refractivity (Wildman–Crippen MR) is 141 cm³/mol. The summed E-state index contributed by atoms with van der Waals surface area (Å²) >= 11 is 0. The highest BCUT2D eigenvalue weighted by atomic mass is 19.4. The van der Waals surface area contributed by atoms with Crippen LogP contribution in [0.4, 0.5) is 30.4 Å². The number of anilines is 2. The van der Waals surface area contributed by atoms with E-state index in [9.17, 15) is 23.3 Å². The van der Waals surface area contributed by atoms with E-state index in [2.05, 4.69) is 19.5 Å². The number of nitro groups is 1. The summed E-state index contributed by atoms with van der Waals surface area (Å²) in [5.74, 6) is 0.253. The van der Waals surface area contributed by atoms with Crippen molar-refractivity contribution in [3.8, 4) is 17.5 Å². The van der Waals surface area contributed by atoms with Crippen molar-refractivity contribution >= 4 is 17.2 Å². The number of rotatable bonds is 9. The Hall–Kier alpha value is -4.16. The number of hydrogen-bond donors (Lipinski definition) is 0. The van der Waals surface area contributed by atoms with Crippen LogP contribution >= 0.6 is 0 Å². The minimum Gasteiger partial charge on any atom is -0.490 e. The first-order chi connectivity index (χ1) is 19.2. The van der Waals surface area contributed by atoms with Gasteiger partial charge in [-0.2, -0.15) is 0 Å².